The van der Waals surface area contributed by atoms with Gasteiger partial charge in [-0.25, -0.2) is 0 Å². The quantitative estimate of drug-likeness (QED) is 0.274. The summed E-state index contributed by atoms with van der Waals surface area (Å²) in [5, 5.41) is 48.0. The minimum atomic E-state index is -2.14. The fourth-order valence-corrected chi connectivity index (χ4v) is 1.67. The Morgan fingerprint density at radius 3 is 2.15 bits per heavy atom. The zero-order valence-electron chi connectivity index (χ0n) is 10.4. The van der Waals surface area contributed by atoms with Gasteiger partial charge in [0.1, 0.15) is 12.2 Å². The van der Waals surface area contributed by atoms with Gasteiger partial charge in [0.15, 0.2) is 6.10 Å². The lowest BCUT2D eigenvalue weighted by atomic mass is 9.95. The van der Waals surface area contributed by atoms with Gasteiger partial charge in [0, 0.05) is 10.5 Å². The van der Waals surface area contributed by atoms with Gasteiger partial charge in [-0.15, -0.1) is 0 Å². The number of ketones is 1. The lowest BCUT2D eigenvalue weighted by Gasteiger charge is -2.23. The van der Waals surface area contributed by atoms with Crippen LogP contribution in [0.25, 0.3) is 0 Å². The number of aliphatic hydroxyl groups is 4. The first-order valence-corrected chi connectivity index (χ1v) is 5.78. The van der Waals surface area contributed by atoms with Crippen molar-refractivity contribution in [1.82, 2.24) is 0 Å². The maximum absolute atomic E-state index is 12.0. The van der Waals surface area contributed by atoms with E-state index >= 15 is 0 Å². The second-order valence-electron chi connectivity index (χ2n) is 4.19. The van der Waals surface area contributed by atoms with Crippen LogP contribution in [-0.4, -0.2) is 62.1 Å². The largest absolute Gasteiger partial charge is 0.394 e. The molecule has 0 radical (unpaired) electrons. The Hall–Kier alpha value is -1.87. The average Bonchev–Trinajstić information content (AvgIpc) is 2.46. The van der Waals surface area contributed by atoms with E-state index in [1.54, 1.807) is 6.07 Å². The summed E-state index contributed by atoms with van der Waals surface area (Å²) in [6.45, 7) is -0.901. The lowest BCUT2D eigenvalue weighted by Crippen LogP contribution is -2.51. The first-order chi connectivity index (χ1) is 9.40. The Labute approximate surface area is 114 Å². The van der Waals surface area contributed by atoms with Crippen molar-refractivity contribution >= 4 is 5.78 Å². The van der Waals surface area contributed by atoms with Crippen LogP contribution in [0.4, 0.5) is 0 Å². The fourth-order valence-electron chi connectivity index (χ4n) is 1.67. The highest BCUT2D eigenvalue weighted by Crippen LogP contribution is 2.13. The molecule has 0 unspecified atom stereocenters. The van der Waals surface area contributed by atoms with E-state index in [4.69, 9.17) is 5.11 Å². The number of hydrogen-bond donors (Lipinski definition) is 4. The molecule has 110 valence electrons. The third-order valence-electron chi connectivity index (χ3n) is 2.81. The highest BCUT2D eigenvalue weighted by Gasteiger charge is 2.44. The maximum atomic E-state index is 12.0. The van der Waals surface area contributed by atoms with Crippen LogP contribution < -0.4 is 0 Å². The number of Topliss-reactive ketones (excluding diaryl/α,β-unsaturated/α-hetero) is 1. The third kappa shape index (κ3) is 3.58. The molecule has 0 aromatic heterocycles. The van der Waals surface area contributed by atoms with Gasteiger partial charge in [-0.1, -0.05) is 30.3 Å². The van der Waals surface area contributed by atoms with Crippen molar-refractivity contribution in [3.05, 3.63) is 46.0 Å². The van der Waals surface area contributed by atoms with E-state index < -0.39 is 41.7 Å². The Bertz CT molecular complexity index is 464. The zero-order chi connectivity index (χ0) is 15.3. The van der Waals surface area contributed by atoms with Crippen molar-refractivity contribution < 1.29 is 30.1 Å². The van der Waals surface area contributed by atoms with E-state index in [2.05, 4.69) is 0 Å². The molecule has 0 saturated heterocycles. The molecule has 0 amide bonds. The van der Waals surface area contributed by atoms with Crippen LogP contribution in [0.2, 0.25) is 0 Å². The summed E-state index contributed by atoms with van der Waals surface area (Å²) in [4.78, 5) is 21.9. The van der Waals surface area contributed by atoms with Gasteiger partial charge in [-0.05, 0) is 0 Å². The van der Waals surface area contributed by atoms with E-state index in [9.17, 15) is 30.2 Å². The number of benzene rings is 1. The molecule has 0 bridgehead atoms. The number of aliphatic hydroxyl groups excluding tert-OH is 4. The Kier molecular flexibility index (Phi) is 5.71. The number of carbonyl (C=O) groups is 1. The number of rotatable bonds is 7. The van der Waals surface area contributed by atoms with Crippen molar-refractivity contribution in [1.29, 1.82) is 0 Å². The van der Waals surface area contributed by atoms with E-state index in [-0.39, 0.29) is 5.56 Å². The van der Waals surface area contributed by atoms with Gasteiger partial charge in [0.05, 0.1) is 6.61 Å². The molecule has 1 aromatic carbocycles. The first kappa shape index (κ1) is 16.2. The molecule has 0 aliphatic carbocycles. The molecule has 8 heteroatoms. The molecule has 0 spiro atoms. The average molecular weight is 285 g/mol. The van der Waals surface area contributed by atoms with Crippen molar-refractivity contribution in [3.8, 4) is 0 Å². The van der Waals surface area contributed by atoms with Crippen molar-refractivity contribution in [2.45, 2.75) is 24.4 Å². The number of carbonyl (C=O) groups excluding carboxylic acids is 1. The third-order valence-corrected chi connectivity index (χ3v) is 2.81. The highest BCUT2D eigenvalue weighted by atomic mass is 16.6. The standard InChI is InChI=1S/C12H15NO7/c14-6-8(15)11(17)12(18)9(13(19)20)10(16)7-4-2-1-3-5-7/h1-5,8-9,11-12,14-15,17-18H,6H2/t8-,9+,11-,12-/m1/s1. The van der Waals surface area contributed by atoms with Crippen LogP contribution in [0.3, 0.4) is 0 Å². The van der Waals surface area contributed by atoms with Crippen LogP contribution in [0, 0.1) is 10.1 Å². The molecule has 4 atom stereocenters. The van der Waals surface area contributed by atoms with Crippen LogP contribution in [0.5, 0.6) is 0 Å². The molecular weight excluding hydrogens is 270 g/mol. The van der Waals surface area contributed by atoms with Crippen molar-refractivity contribution in [2.24, 2.45) is 0 Å². The van der Waals surface area contributed by atoms with Crippen LogP contribution >= 0.6 is 0 Å². The van der Waals surface area contributed by atoms with Crippen LogP contribution in [0.1, 0.15) is 10.4 Å². The van der Waals surface area contributed by atoms with Crippen molar-refractivity contribution in [2.75, 3.05) is 6.61 Å². The molecule has 0 aliphatic heterocycles. The molecule has 4 N–H and O–H groups in total. The number of nitrogens with zero attached hydrogens (tertiary/aromatic N) is 1. The molecule has 20 heavy (non-hydrogen) atoms. The smallest absolute Gasteiger partial charge is 0.302 e. The Morgan fingerprint density at radius 2 is 1.70 bits per heavy atom. The number of hydrogen-bond acceptors (Lipinski definition) is 7. The predicted octanol–water partition coefficient (Wildman–Crippen LogP) is -1.41. The topological polar surface area (TPSA) is 141 Å². The summed E-state index contributed by atoms with van der Waals surface area (Å²) >= 11 is 0. The van der Waals surface area contributed by atoms with Gasteiger partial charge in [-0.2, -0.15) is 0 Å². The van der Waals surface area contributed by atoms with Gasteiger partial charge in [0.25, 0.3) is 0 Å². The molecule has 0 aliphatic rings. The highest BCUT2D eigenvalue weighted by molar-refractivity contribution is 5.99. The Balaban J connectivity index is 3.00. The van der Waals surface area contributed by atoms with E-state index in [0.29, 0.717) is 0 Å². The molecule has 0 saturated carbocycles. The second kappa shape index (κ2) is 7.06. The minimum absolute atomic E-state index is 0.000983. The van der Waals surface area contributed by atoms with Gasteiger partial charge < -0.3 is 20.4 Å². The molecule has 0 fully saturated rings. The fraction of sp³-hybridized carbons (Fsp3) is 0.417. The van der Waals surface area contributed by atoms with E-state index in [1.165, 1.54) is 24.3 Å². The molecular formula is C12H15NO7. The van der Waals surface area contributed by atoms with E-state index in [0.717, 1.165) is 0 Å². The molecule has 1 rings (SSSR count). The predicted molar refractivity (Wildman–Crippen MR) is 66.7 cm³/mol. The normalized spacial score (nSPS) is 17.0. The first-order valence-electron chi connectivity index (χ1n) is 5.78. The van der Waals surface area contributed by atoms with Crippen LogP contribution in [-0.2, 0) is 0 Å². The summed E-state index contributed by atoms with van der Waals surface area (Å²) in [6, 6.07) is 5.14. The SMILES string of the molecule is O=C(c1ccccc1)[C@@H]([C@@H](O)[C@H](O)[C@H](O)CO)[N+](=O)[O-]. The van der Waals surface area contributed by atoms with E-state index in [1.807, 2.05) is 0 Å². The van der Waals surface area contributed by atoms with Gasteiger partial charge in [0.2, 0.25) is 5.78 Å². The molecule has 1 aromatic rings. The van der Waals surface area contributed by atoms with Gasteiger partial charge >= 0.3 is 6.04 Å². The lowest BCUT2D eigenvalue weighted by molar-refractivity contribution is -0.519. The maximum Gasteiger partial charge on any atom is 0.302 e. The molecule has 8 nitrogen and oxygen atoms in total. The zero-order valence-corrected chi connectivity index (χ0v) is 10.4. The summed E-state index contributed by atoms with van der Waals surface area (Å²) in [5.74, 6) is -0.993. The van der Waals surface area contributed by atoms with Crippen molar-refractivity contribution in [3.63, 3.8) is 0 Å². The summed E-state index contributed by atoms with van der Waals surface area (Å²) in [7, 11) is 0. The molecule has 0 heterocycles. The Morgan fingerprint density at radius 1 is 1.15 bits per heavy atom. The van der Waals surface area contributed by atoms with Crippen LogP contribution in [0.15, 0.2) is 30.3 Å². The second-order valence-corrected chi connectivity index (χ2v) is 4.19. The minimum Gasteiger partial charge on any atom is -0.394 e. The van der Waals surface area contributed by atoms with Gasteiger partial charge in [-0.3, -0.25) is 14.9 Å². The summed E-state index contributed by atoms with van der Waals surface area (Å²) in [5.41, 5.74) is -0.000983. The monoisotopic (exact) mass is 285 g/mol. The summed E-state index contributed by atoms with van der Waals surface area (Å²) < 4.78 is 0. The number of nitro groups is 1. The summed E-state index contributed by atoms with van der Waals surface area (Å²) in [6.07, 6.45) is -5.93.